The molecule has 0 aromatic carbocycles. The molecular weight excluding hydrogens is 399 g/mol. The topological polar surface area (TPSA) is 75.2 Å². The Bertz CT molecular complexity index is 345. The number of guanidine groups is 1. The number of carbonyl (C=O) groups excluding carboxylic acids is 1. The van der Waals surface area contributed by atoms with Crippen LogP contribution in [0.15, 0.2) is 4.99 Å². The van der Waals surface area contributed by atoms with Crippen molar-refractivity contribution in [3.8, 4) is 0 Å². The van der Waals surface area contributed by atoms with E-state index < -0.39 is 5.60 Å². The summed E-state index contributed by atoms with van der Waals surface area (Å²) in [5.41, 5.74) is -0.480. The van der Waals surface area contributed by atoms with Crippen LogP contribution in [0, 0.1) is 0 Å². The lowest BCUT2D eigenvalue weighted by atomic mass is 10.2. The monoisotopic (exact) mass is 430 g/mol. The molecule has 2 N–H and O–H groups in total. The van der Waals surface area contributed by atoms with Crippen molar-refractivity contribution in [2.75, 3.05) is 40.9 Å². The summed E-state index contributed by atoms with van der Waals surface area (Å²) in [5, 5.41) is 6.33. The van der Waals surface area contributed by atoms with Crippen LogP contribution in [0.4, 0.5) is 4.79 Å². The van der Waals surface area contributed by atoms with Gasteiger partial charge >= 0.3 is 6.09 Å². The molecular formula is C14H31IN4O3. The van der Waals surface area contributed by atoms with E-state index in [4.69, 9.17) is 9.47 Å². The molecule has 0 aliphatic carbocycles. The van der Waals surface area contributed by atoms with E-state index >= 15 is 0 Å². The molecule has 0 saturated heterocycles. The summed E-state index contributed by atoms with van der Waals surface area (Å²) < 4.78 is 10.3. The zero-order valence-corrected chi connectivity index (χ0v) is 17.1. The number of rotatable bonds is 6. The van der Waals surface area contributed by atoms with Gasteiger partial charge in [0, 0.05) is 40.3 Å². The average Bonchev–Trinajstić information content (AvgIpc) is 2.35. The van der Waals surface area contributed by atoms with Gasteiger partial charge in [-0.25, -0.2) is 4.79 Å². The summed E-state index contributed by atoms with van der Waals surface area (Å²) >= 11 is 0. The smallest absolute Gasteiger partial charge is 0.410 e. The lowest BCUT2D eigenvalue weighted by Gasteiger charge is -2.25. The number of aliphatic imine (C=N–C) groups is 1. The van der Waals surface area contributed by atoms with Gasteiger partial charge < -0.3 is 25.0 Å². The van der Waals surface area contributed by atoms with E-state index in [2.05, 4.69) is 15.6 Å². The summed E-state index contributed by atoms with van der Waals surface area (Å²) in [7, 11) is 5.07. The zero-order chi connectivity index (χ0) is 16.5. The van der Waals surface area contributed by atoms with Gasteiger partial charge in [0.25, 0.3) is 0 Å². The normalized spacial score (nSPS) is 13.0. The van der Waals surface area contributed by atoms with Gasteiger partial charge in [-0.05, 0) is 27.7 Å². The highest BCUT2D eigenvalue weighted by atomic mass is 127. The van der Waals surface area contributed by atoms with Crippen molar-refractivity contribution in [1.29, 1.82) is 0 Å². The molecule has 0 aliphatic rings. The number of halogens is 1. The van der Waals surface area contributed by atoms with Crippen molar-refractivity contribution in [3.05, 3.63) is 0 Å². The molecule has 0 aromatic rings. The lowest BCUT2D eigenvalue weighted by Crippen LogP contribution is -2.46. The fraction of sp³-hybridized carbons (Fsp3) is 0.857. The highest BCUT2D eigenvalue weighted by Gasteiger charge is 2.19. The van der Waals surface area contributed by atoms with Gasteiger partial charge in [-0.1, -0.05) is 0 Å². The third-order valence-corrected chi connectivity index (χ3v) is 2.47. The number of methoxy groups -OCH3 is 1. The molecule has 0 bridgehead atoms. The van der Waals surface area contributed by atoms with Gasteiger partial charge in [0.15, 0.2) is 5.96 Å². The Kier molecular flexibility index (Phi) is 12.6. The second-order valence-electron chi connectivity index (χ2n) is 5.90. The van der Waals surface area contributed by atoms with E-state index in [9.17, 15) is 4.79 Å². The molecule has 132 valence electrons. The van der Waals surface area contributed by atoms with Gasteiger partial charge in [-0.3, -0.25) is 4.99 Å². The molecule has 0 heterocycles. The van der Waals surface area contributed by atoms with E-state index in [1.807, 2.05) is 27.7 Å². The molecule has 0 rings (SSSR count). The average molecular weight is 430 g/mol. The van der Waals surface area contributed by atoms with E-state index in [0.717, 1.165) is 0 Å². The number of carbonyl (C=O) groups is 1. The summed E-state index contributed by atoms with van der Waals surface area (Å²) in [6, 6.07) is 0.157. The van der Waals surface area contributed by atoms with Crippen LogP contribution in [0.3, 0.4) is 0 Å². The first-order valence-corrected chi connectivity index (χ1v) is 7.09. The maximum Gasteiger partial charge on any atom is 0.410 e. The number of nitrogens with zero attached hydrogens (tertiary/aromatic N) is 2. The van der Waals surface area contributed by atoms with Crippen LogP contribution in [-0.4, -0.2) is 69.5 Å². The van der Waals surface area contributed by atoms with Crippen LogP contribution in [0.2, 0.25) is 0 Å². The number of nitrogens with one attached hydrogen (secondary N) is 2. The number of hydrogen-bond donors (Lipinski definition) is 2. The third kappa shape index (κ3) is 11.8. The maximum absolute atomic E-state index is 11.8. The number of ether oxygens (including phenoxy) is 2. The van der Waals surface area contributed by atoms with E-state index in [1.165, 1.54) is 4.90 Å². The Balaban J connectivity index is 0. The molecule has 0 fully saturated rings. The SMILES string of the molecule is CN=C(NCCN(C)C(=O)OC(C)(C)C)NC(C)COC.I. The first-order valence-electron chi connectivity index (χ1n) is 7.09. The first kappa shape index (κ1) is 23.5. The Morgan fingerprint density at radius 2 is 1.95 bits per heavy atom. The standard InChI is InChI=1S/C14H30N4O3.HI/c1-11(10-20-7)17-12(15-5)16-8-9-18(6)13(19)21-14(2,3)4;/h11H,8-10H2,1-7H3,(H2,15,16,17);1H. The minimum atomic E-state index is -0.480. The summed E-state index contributed by atoms with van der Waals surface area (Å²) in [5.74, 6) is 0.678. The molecule has 1 atom stereocenters. The minimum absolute atomic E-state index is 0. The Morgan fingerprint density at radius 1 is 1.36 bits per heavy atom. The molecule has 0 radical (unpaired) electrons. The van der Waals surface area contributed by atoms with Crippen LogP contribution in [-0.2, 0) is 9.47 Å². The van der Waals surface area contributed by atoms with Gasteiger partial charge in [0.1, 0.15) is 5.60 Å². The van der Waals surface area contributed by atoms with Crippen LogP contribution < -0.4 is 10.6 Å². The van der Waals surface area contributed by atoms with Gasteiger partial charge in [-0.15, -0.1) is 24.0 Å². The molecule has 22 heavy (non-hydrogen) atoms. The molecule has 1 amide bonds. The minimum Gasteiger partial charge on any atom is -0.444 e. The number of hydrogen-bond acceptors (Lipinski definition) is 4. The summed E-state index contributed by atoms with van der Waals surface area (Å²) in [6.07, 6.45) is -0.333. The van der Waals surface area contributed by atoms with Crippen molar-refractivity contribution in [2.45, 2.75) is 39.3 Å². The molecule has 0 spiro atoms. The van der Waals surface area contributed by atoms with Crippen molar-refractivity contribution in [1.82, 2.24) is 15.5 Å². The number of amides is 1. The molecule has 0 aromatic heterocycles. The van der Waals surface area contributed by atoms with Crippen LogP contribution in [0.25, 0.3) is 0 Å². The maximum atomic E-state index is 11.8. The fourth-order valence-corrected chi connectivity index (χ4v) is 1.49. The van der Waals surface area contributed by atoms with Crippen LogP contribution in [0.1, 0.15) is 27.7 Å². The fourth-order valence-electron chi connectivity index (χ4n) is 1.49. The van der Waals surface area contributed by atoms with Gasteiger partial charge in [0.2, 0.25) is 0 Å². The summed E-state index contributed by atoms with van der Waals surface area (Å²) in [6.45, 7) is 9.24. The lowest BCUT2D eigenvalue weighted by molar-refractivity contribution is 0.0302. The van der Waals surface area contributed by atoms with Gasteiger partial charge in [0.05, 0.1) is 6.61 Å². The Hall–Kier alpha value is -0.770. The van der Waals surface area contributed by atoms with Crippen molar-refractivity contribution in [3.63, 3.8) is 0 Å². The van der Waals surface area contributed by atoms with E-state index in [1.54, 1.807) is 21.2 Å². The molecule has 7 nitrogen and oxygen atoms in total. The molecule has 0 aliphatic heterocycles. The van der Waals surface area contributed by atoms with E-state index in [0.29, 0.717) is 25.7 Å². The van der Waals surface area contributed by atoms with Crippen LogP contribution in [0.5, 0.6) is 0 Å². The Morgan fingerprint density at radius 3 is 2.41 bits per heavy atom. The van der Waals surface area contributed by atoms with Gasteiger partial charge in [-0.2, -0.15) is 0 Å². The predicted octanol–water partition coefficient (Wildman–Crippen LogP) is 1.67. The largest absolute Gasteiger partial charge is 0.444 e. The molecule has 1 unspecified atom stereocenters. The second kappa shape index (κ2) is 11.8. The highest BCUT2D eigenvalue weighted by molar-refractivity contribution is 14.0. The Labute approximate surface area is 151 Å². The predicted molar refractivity (Wildman–Crippen MR) is 100 cm³/mol. The van der Waals surface area contributed by atoms with Crippen LogP contribution >= 0.6 is 24.0 Å². The molecule has 8 heteroatoms. The van der Waals surface area contributed by atoms with Crippen molar-refractivity contribution in [2.24, 2.45) is 4.99 Å². The third-order valence-electron chi connectivity index (χ3n) is 2.47. The quantitative estimate of drug-likeness (QED) is 0.381. The zero-order valence-electron chi connectivity index (χ0n) is 14.7. The first-order chi connectivity index (χ1) is 9.69. The highest BCUT2D eigenvalue weighted by Crippen LogP contribution is 2.08. The van der Waals surface area contributed by atoms with E-state index in [-0.39, 0.29) is 36.1 Å². The second-order valence-corrected chi connectivity index (χ2v) is 5.90. The van der Waals surface area contributed by atoms with Crippen molar-refractivity contribution >= 4 is 36.0 Å². The number of likely N-dealkylation sites (N-methyl/N-ethyl adjacent to an activating group) is 1. The molecule has 0 saturated carbocycles. The van der Waals surface area contributed by atoms with Crippen molar-refractivity contribution < 1.29 is 14.3 Å². The summed E-state index contributed by atoms with van der Waals surface area (Å²) in [4.78, 5) is 17.4.